The van der Waals surface area contributed by atoms with E-state index in [0.717, 1.165) is 4.90 Å². The molecule has 1 aromatic carbocycles. The fraction of sp³-hybridized carbons (Fsp3) is 0.333. The average molecular weight is 411 g/mol. The first-order chi connectivity index (χ1) is 14.2. The largest absolute Gasteiger partial charge is 0.468 e. The van der Waals surface area contributed by atoms with E-state index in [1.54, 1.807) is 38.1 Å². The molecule has 1 spiro atoms. The van der Waals surface area contributed by atoms with Gasteiger partial charge < -0.3 is 24.8 Å². The van der Waals surface area contributed by atoms with Gasteiger partial charge in [-0.05, 0) is 26.8 Å². The van der Waals surface area contributed by atoms with Crippen LogP contribution in [-0.2, 0) is 29.3 Å². The second kappa shape index (κ2) is 7.55. The van der Waals surface area contributed by atoms with Crippen LogP contribution in [0.1, 0.15) is 26.3 Å². The molecule has 1 atom stereocenters. The molecule has 0 aliphatic carbocycles. The van der Waals surface area contributed by atoms with Crippen molar-refractivity contribution in [2.75, 3.05) is 13.7 Å². The zero-order chi connectivity index (χ0) is 22.2. The van der Waals surface area contributed by atoms with Crippen LogP contribution in [0.2, 0.25) is 0 Å². The maximum Gasteiger partial charge on any atom is 0.337 e. The summed E-state index contributed by atoms with van der Waals surface area (Å²) in [6.07, 6.45) is -0.485. The molecular formula is C21H21N3O6. The predicted molar refractivity (Wildman–Crippen MR) is 103 cm³/mol. The van der Waals surface area contributed by atoms with Gasteiger partial charge in [0.15, 0.2) is 5.41 Å². The Morgan fingerprint density at radius 1 is 1.33 bits per heavy atom. The molecule has 2 aliphatic rings. The molecule has 9 nitrogen and oxygen atoms in total. The summed E-state index contributed by atoms with van der Waals surface area (Å²) in [4.78, 5) is 40.0. The van der Waals surface area contributed by atoms with E-state index in [4.69, 9.17) is 19.9 Å². The number of para-hydroxylation sites is 1. The van der Waals surface area contributed by atoms with Crippen molar-refractivity contribution >= 4 is 17.8 Å². The van der Waals surface area contributed by atoms with Crippen LogP contribution in [0.3, 0.4) is 0 Å². The number of nitrogens with two attached hydrogens (primary N) is 1. The highest BCUT2D eigenvalue weighted by molar-refractivity contribution is 6.13. The van der Waals surface area contributed by atoms with Crippen molar-refractivity contribution in [2.24, 2.45) is 5.73 Å². The minimum atomic E-state index is -1.89. The van der Waals surface area contributed by atoms with Crippen LogP contribution < -0.4 is 10.5 Å². The lowest BCUT2D eigenvalue weighted by Gasteiger charge is -2.35. The number of esters is 2. The molecule has 2 aliphatic heterocycles. The molecule has 0 bridgehead atoms. The Labute approximate surface area is 173 Å². The van der Waals surface area contributed by atoms with E-state index < -0.39 is 35.9 Å². The van der Waals surface area contributed by atoms with Gasteiger partial charge in [-0.2, -0.15) is 5.26 Å². The summed E-state index contributed by atoms with van der Waals surface area (Å²) in [5.41, 5.74) is 4.23. The van der Waals surface area contributed by atoms with E-state index >= 15 is 0 Å². The number of ether oxygens (including phenoxy) is 3. The summed E-state index contributed by atoms with van der Waals surface area (Å²) < 4.78 is 15.6. The third-order valence-electron chi connectivity index (χ3n) is 5.01. The van der Waals surface area contributed by atoms with Crippen LogP contribution in [-0.4, -0.2) is 42.5 Å². The lowest BCUT2D eigenvalue weighted by molar-refractivity contribution is -0.146. The minimum Gasteiger partial charge on any atom is -0.468 e. The van der Waals surface area contributed by atoms with Gasteiger partial charge in [0.2, 0.25) is 11.8 Å². The van der Waals surface area contributed by atoms with Crippen LogP contribution in [0.5, 0.6) is 5.75 Å². The second-order valence-electron chi connectivity index (χ2n) is 7.08. The van der Waals surface area contributed by atoms with Crippen molar-refractivity contribution in [1.29, 1.82) is 5.26 Å². The topological polar surface area (TPSA) is 132 Å². The molecule has 1 aromatic rings. The number of carbonyl (C=O) groups excluding carboxylic acids is 3. The van der Waals surface area contributed by atoms with Crippen LogP contribution >= 0.6 is 0 Å². The Balaban J connectivity index is 2.37. The van der Waals surface area contributed by atoms with E-state index in [0.29, 0.717) is 0 Å². The maximum atomic E-state index is 13.8. The molecule has 9 heteroatoms. The van der Waals surface area contributed by atoms with Crippen molar-refractivity contribution in [3.63, 3.8) is 0 Å². The summed E-state index contributed by atoms with van der Waals surface area (Å²) in [5.74, 6) is -2.24. The third kappa shape index (κ3) is 2.88. The molecule has 3 rings (SSSR count). The molecule has 2 heterocycles. The smallest absolute Gasteiger partial charge is 0.337 e. The monoisotopic (exact) mass is 411 g/mol. The Hall–Kier alpha value is -3.80. The highest BCUT2D eigenvalue weighted by Gasteiger charge is 2.62. The number of methoxy groups -OCH3 is 1. The number of nitriles is 1. The highest BCUT2D eigenvalue weighted by atomic mass is 16.5. The Kier molecular flexibility index (Phi) is 5.27. The van der Waals surface area contributed by atoms with Gasteiger partial charge in [0.05, 0.1) is 18.8 Å². The van der Waals surface area contributed by atoms with Gasteiger partial charge in [-0.3, -0.25) is 9.59 Å². The number of nitrogens with zero attached hydrogens (tertiary/aromatic N) is 2. The van der Waals surface area contributed by atoms with Gasteiger partial charge in [-0.25, -0.2) is 4.79 Å². The quantitative estimate of drug-likeness (QED) is 0.732. The van der Waals surface area contributed by atoms with Gasteiger partial charge in [-0.1, -0.05) is 18.2 Å². The first-order valence-corrected chi connectivity index (χ1v) is 9.18. The van der Waals surface area contributed by atoms with Gasteiger partial charge in [-0.15, -0.1) is 0 Å². The van der Waals surface area contributed by atoms with E-state index in [1.165, 1.54) is 14.0 Å². The van der Waals surface area contributed by atoms with Crippen molar-refractivity contribution in [2.45, 2.75) is 32.3 Å². The van der Waals surface area contributed by atoms with Crippen molar-refractivity contribution in [3.05, 3.63) is 52.6 Å². The summed E-state index contributed by atoms with van der Waals surface area (Å²) in [5, 5.41) is 9.91. The van der Waals surface area contributed by atoms with Crippen molar-refractivity contribution in [3.8, 4) is 11.8 Å². The zero-order valence-electron chi connectivity index (χ0n) is 17.0. The molecule has 0 aromatic heterocycles. The van der Waals surface area contributed by atoms with E-state index in [2.05, 4.69) is 0 Å². The Morgan fingerprint density at radius 2 is 2.00 bits per heavy atom. The molecule has 0 fully saturated rings. The summed E-state index contributed by atoms with van der Waals surface area (Å²) in [7, 11) is 1.19. The number of amides is 1. The molecule has 2 N–H and O–H groups in total. The summed E-state index contributed by atoms with van der Waals surface area (Å²) >= 11 is 0. The van der Waals surface area contributed by atoms with Crippen molar-refractivity contribution < 1.29 is 28.6 Å². The van der Waals surface area contributed by atoms with Gasteiger partial charge in [0, 0.05) is 11.3 Å². The van der Waals surface area contributed by atoms with Crippen LogP contribution in [0, 0.1) is 11.3 Å². The van der Waals surface area contributed by atoms with Crippen LogP contribution in [0.15, 0.2) is 47.0 Å². The molecule has 0 saturated heterocycles. The summed E-state index contributed by atoms with van der Waals surface area (Å²) in [6.45, 7) is 4.40. The summed E-state index contributed by atoms with van der Waals surface area (Å²) in [6, 6.07) is 8.41. The molecule has 0 saturated carbocycles. The highest BCUT2D eigenvalue weighted by Crippen LogP contribution is 2.53. The number of rotatable bonds is 4. The first kappa shape index (κ1) is 20.9. The Morgan fingerprint density at radius 3 is 2.60 bits per heavy atom. The number of allylic oxidation sites excluding steroid dienone is 1. The SMILES string of the molecule is COC(=O)CN1C(=O)[C@@]2(C(C#N)=C(N)Oc3ccccc32)C(C(=O)OC(C)C)=C1C. The minimum absolute atomic E-state index is 0.0830. The van der Waals surface area contributed by atoms with E-state index in [9.17, 15) is 19.6 Å². The molecule has 30 heavy (non-hydrogen) atoms. The average Bonchev–Trinajstić information content (AvgIpc) is 2.90. The number of carbonyl (C=O) groups is 3. The fourth-order valence-corrected chi connectivity index (χ4v) is 3.80. The zero-order valence-corrected chi connectivity index (χ0v) is 17.0. The van der Waals surface area contributed by atoms with E-state index in [1.807, 2.05) is 6.07 Å². The first-order valence-electron chi connectivity index (χ1n) is 9.18. The van der Waals surface area contributed by atoms with Gasteiger partial charge in [0.1, 0.15) is 23.9 Å². The molecule has 0 unspecified atom stereocenters. The molecule has 156 valence electrons. The van der Waals surface area contributed by atoms with Crippen LogP contribution in [0.25, 0.3) is 0 Å². The standard InChI is InChI=1S/C21H21N3O6/c1-11(2)29-19(26)17-12(3)24(10-16(25)28-4)20(27)21(17)13-7-5-6-8-15(13)30-18(23)14(21)9-22/h5-8,11H,10,23H2,1-4H3/t21-/m0/s1. The number of benzene rings is 1. The third-order valence-corrected chi connectivity index (χ3v) is 5.01. The number of hydrogen-bond donors (Lipinski definition) is 1. The fourth-order valence-electron chi connectivity index (χ4n) is 3.80. The molecular weight excluding hydrogens is 390 g/mol. The molecule has 0 radical (unpaired) electrons. The van der Waals surface area contributed by atoms with Gasteiger partial charge in [0.25, 0.3) is 0 Å². The number of hydrogen-bond acceptors (Lipinski definition) is 8. The predicted octanol–water partition coefficient (Wildman–Crippen LogP) is 1.25. The van der Waals surface area contributed by atoms with E-state index in [-0.39, 0.29) is 34.0 Å². The lowest BCUT2D eigenvalue weighted by Crippen LogP contribution is -2.48. The normalized spacial score (nSPS) is 20.3. The second-order valence-corrected chi connectivity index (χ2v) is 7.08. The molecule has 1 amide bonds. The van der Waals surface area contributed by atoms with Crippen molar-refractivity contribution in [1.82, 2.24) is 4.90 Å². The van der Waals surface area contributed by atoms with Gasteiger partial charge >= 0.3 is 11.9 Å². The lowest BCUT2D eigenvalue weighted by atomic mass is 9.68. The maximum absolute atomic E-state index is 13.8. The Bertz CT molecular complexity index is 1050. The number of fused-ring (bicyclic) bond motifs is 2. The van der Waals surface area contributed by atoms with Crippen LogP contribution in [0.4, 0.5) is 0 Å².